The van der Waals surface area contributed by atoms with Crippen molar-refractivity contribution in [1.29, 1.82) is 0 Å². The van der Waals surface area contributed by atoms with E-state index in [9.17, 15) is 4.79 Å². The van der Waals surface area contributed by atoms with Gasteiger partial charge < -0.3 is 61.9 Å². The van der Waals surface area contributed by atoms with E-state index in [2.05, 4.69) is 29.2 Å². The van der Waals surface area contributed by atoms with Crippen molar-refractivity contribution < 1.29 is 56.9 Å². The minimum absolute atomic E-state index is 0.0396. The van der Waals surface area contributed by atoms with Crippen LogP contribution in [0.3, 0.4) is 0 Å². The normalized spacial score (nSPS) is 12.4. The summed E-state index contributed by atoms with van der Waals surface area (Å²) in [4.78, 5) is 16.2. The first kappa shape index (κ1) is 45.7. The lowest BCUT2D eigenvalue weighted by Gasteiger charge is -2.19. The lowest BCUT2D eigenvalue weighted by atomic mass is 9.98. The molecule has 0 fully saturated rings. The lowest BCUT2D eigenvalue weighted by molar-refractivity contribution is -0.0266. The summed E-state index contributed by atoms with van der Waals surface area (Å²) >= 11 is 0. The number of carbonyl (C=O) groups excluding carboxylic acids is 1. The molecule has 306 valence electrons. The first-order chi connectivity index (χ1) is 26.6. The number of likely N-dealkylation sites (N-methyl/N-ethyl adjacent to an activating group) is 2. The Balaban J connectivity index is 0.975. The number of hydrogen-bond acceptors (Lipinski definition) is 13. The molecule has 1 aliphatic rings. The number of benzene rings is 2. The van der Waals surface area contributed by atoms with Crippen molar-refractivity contribution in [1.82, 2.24) is 9.80 Å². The highest BCUT2D eigenvalue weighted by Gasteiger charge is 2.29. The minimum atomic E-state index is -0.363. The van der Waals surface area contributed by atoms with Gasteiger partial charge in [0.15, 0.2) is 0 Å². The van der Waals surface area contributed by atoms with Gasteiger partial charge in [0.25, 0.3) is 0 Å². The van der Waals surface area contributed by atoms with Gasteiger partial charge in [0, 0.05) is 26.1 Å². The van der Waals surface area contributed by atoms with Crippen LogP contribution in [0.25, 0.3) is 11.1 Å². The lowest BCUT2D eigenvalue weighted by Crippen LogP contribution is -2.32. The third-order valence-electron chi connectivity index (χ3n) is 8.25. The van der Waals surface area contributed by atoms with E-state index < -0.39 is 0 Å². The Hall–Kier alpha value is -2.73. The molecule has 0 bridgehead atoms. The monoisotopic (exact) mass is 764 g/mol. The van der Waals surface area contributed by atoms with Crippen molar-refractivity contribution in [2.75, 3.05) is 173 Å². The molecule has 1 aliphatic carbocycles. The molecule has 1 amide bonds. The maximum atomic E-state index is 12.6. The highest BCUT2D eigenvalue weighted by atomic mass is 16.6. The van der Waals surface area contributed by atoms with Crippen LogP contribution in [-0.4, -0.2) is 189 Å². The third-order valence-corrected chi connectivity index (χ3v) is 8.25. The van der Waals surface area contributed by atoms with Gasteiger partial charge >= 0.3 is 6.09 Å². The first-order valence-electron chi connectivity index (χ1n) is 19.1. The molecule has 0 aromatic heterocycles. The summed E-state index contributed by atoms with van der Waals surface area (Å²) < 4.78 is 60.8. The molecule has 14 nitrogen and oxygen atoms in total. The van der Waals surface area contributed by atoms with Gasteiger partial charge in [0.1, 0.15) is 6.61 Å². The molecular formula is C40H64N2O12. The van der Waals surface area contributed by atoms with Gasteiger partial charge in [-0.1, -0.05) is 48.5 Å². The molecular weight excluding hydrogens is 700 g/mol. The number of hydrogen-bond donors (Lipinski definition) is 0. The Morgan fingerprint density at radius 3 is 1.07 bits per heavy atom. The largest absolute Gasteiger partial charge is 0.448 e. The van der Waals surface area contributed by atoms with Gasteiger partial charge in [0.05, 0.1) is 132 Å². The molecule has 54 heavy (non-hydrogen) atoms. The molecule has 2 aromatic carbocycles. The summed E-state index contributed by atoms with van der Waals surface area (Å²) in [7, 11) is 5.75. The van der Waals surface area contributed by atoms with E-state index in [1.54, 1.807) is 7.05 Å². The van der Waals surface area contributed by atoms with E-state index >= 15 is 0 Å². The second-order valence-corrected chi connectivity index (χ2v) is 12.7. The summed E-state index contributed by atoms with van der Waals surface area (Å²) in [5.41, 5.74) is 4.80. The van der Waals surface area contributed by atoms with Crippen LogP contribution in [-0.2, 0) is 52.1 Å². The van der Waals surface area contributed by atoms with Crippen LogP contribution < -0.4 is 0 Å². The van der Waals surface area contributed by atoms with Crippen LogP contribution in [0.2, 0.25) is 0 Å². The Labute approximate surface area is 322 Å². The standard InChI is InChI=1S/C40H64N2O12/c1-41(2)12-14-44-16-18-46-20-22-48-24-26-50-28-30-52-32-33-53-31-29-51-27-25-49-23-21-47-19-17-45-15-13-42(3)40(43)54-34-39-37-10-6-4-8-35(37)36-9-5-7-11-38(36)39/h4-11,39H,12-34H2,1-3H3. The van der Waals surface area contributed by atoms with Crippen molar-refractivity contribution in [3.05, 3.63) is 59.7 Å². The van der Waals surface area contributed by atoms with Crippen molar-refractivity contribution in [3.63, 3.8) is 0 Å². The summed E-state index contributed by atoms with van der Waals surface area (Å²) in [5, 5.41) is 0. The number of amides is 1. The number of ether oxygens (including phenoxy) is 11. The molecule has 0 radical (unpaired) electrons. The van der Waals surface area contributed by atoms with Gasteiger partial charge in [-0.05, 0) is 36.3 Å². The van der Waals surface area contributed by atoms with E-state index in [1.807, 2.05) is 38.4 Å². The summed E-state index contributed by atoms with van der Waals surface area (Å²) in [6, 6.07) is 16.6. The Kier molecular flexibility index (Phi) is 25.8. The fourth-order valence-electron chi connectivity index (χ4n) is 5.33. The number of fused-ring (bicyclic) bond motifs is 3. The second-order valence-electron chi connectivity index (χ2n) is 12.7. The number of nitrogens with zero attached hydrogens (tertiary/aromatic N) is 2. The van der Waals surface area contributed by atoms with E-state index in [0.29, 0.717) is 145 Å². The Morgan fingerprint density at radius 1 is 0.444 bits per heavy atom. The van der Waals surface area contributed by atoms with Gasteiger partial charge in [0.2, 0.25) is 0 Å². The zero-order valence-corrected chi connectivity index (χ0v) is 32.8. The molecule has 0 saturated carbocycles. The van der Waals surface area contributed by atoms with Crippen molar-refractivity contribution in [2.45, 2.75) is 5.92 Å². The Morgan fingerprint density at radius 2 is 0.741 bits per heavy atom. The van der Waals surface area contributed by atoms with E-state index in [0.717, 1.165) is 6.54 Å². The van der Waals surface area contributed by atoms with E-state index in [4.69, 9.17) is 52.1 Å². The van der Waals surface area contributed by atoms with Crippen LogP contribution in [0.5, 0.6) is 0 Å². The predicted octanol–water partition coefficient (Wildman–Crippen LogP) is 3.59. The Bertz CT molecular complexity index is 1180. The van der Waals surface area contributed by atoms with Gasteiger partial charge in [-0.3, -0.25) is 0 Å². The topological polar surface area (TPSA) is 125 Å². The smallest absolute Gasteiger partial charge is 0.409 e. The first-order valence-corrected chi connectivity index (χ1v) is 19.1. The highest BCUT2D eigenvalue weighted by molar-refractivity contribution is 5.79. The van der Waals surface area contributed by atoms with Gasteiger partial charge in [-0.2, -0.15) is 0 Å². The molecule has 0 N–H and O–H groups in total. The van der Waals surface area contributed by atoms with Crippen LogP contribution in [0, 0.1) is 0 Å². The zero-order chi connectivity index (χ0) is 38.3. The second kappa shape index (κ2) is 30.5. The highest BCUT2D eigenvalue weighted by Crippen LogP contribution is 2.44. The van der Waals surface area contributed by atoms with Gasteiger partial charge in [-0.15, -0.1) is 0 Å². The SMILES string of the molecule is CN(C)CCOCCOCCOCCOCCOCCOCCOCCOCCOCCOCCN(C)C(=O)OCC1c2ccccc2-c2ccccc21. The van der Waals surface area contributed by atoms with Crippen LogP contribution in [0.4, 0.5) is 4.79 Å². The van der Waals surface area contributed by atoms with Crippen LogP contribution >= 0.6 is 0 Å². The zero-order valence-electron chi connectivity index (χ0n) is 32.8. The number of carbonyl (C=O) groups is 1. The minimum Gasteiger partial charge on any atom is -0.448 e. The molecule has 0 spiro atoms. The van der Waals surface area contributed by atoms with Gasteiger partial charge in [-0.25, -0.2) is 4.79 Å². The summed E-state index contributed by atoms with van der Waals surface area (Å²) in [6.45, 7) is 11.8. The fourth-order valence-corrected chi connectivity index (χ4v) is 5.33. The molecule has 2 aromatic rings. The molecule has 0 atom stereocenters. The molecule has 0 heterocycles. The number of rotatable bonds is 35. The average Bonchev–Trinajstić information content (AvgIpc) is 3.50. The van der Waals surface area contributed by atoms with Crippen molar-refractivity contribution in [3.8, 4) is 11.1 Å². The quantitative estimate of drug-likeness (QED) is 0.0951. The summed E-state index contributed by atoms with van der Waals surface area (Å²) in [5.74, 6) is 0.0396. The molecule has 0 saturated heterocycles. The molecule has 0 unspecified atom stereocenters. The maximum Gasteiger partial charge on any atom is 0.409 e. The molecule has 3 rings (SSSR count). The average molecular weight is 765 g/mol. The van der Waals surface area contributed by atoms with Crippen molar-refractivity contribution in [2.24, 2.45) is 0 Å². The fraction of sp³-hybridized carbons (Fsp3) is 0.675. The van der Waals surface area contributed by atoms with E-state index in [1.165, 1.54) is 27.2 Å². The van der Waals surface area contributed by atoms with Crippen molar-refractivity contribution >= 4 is 6.09 Å². The maximum absolute atomic E-state index is 12.6. The van der Waals surface area contributed by atoms with Crippen LogP contribution in [0.15, 0.2) is 48.5 Å². The predicted molar refractivity (Wildman–Crippen MR) is 204 cm³/mol. The van der Waals surface area contributed by atoms with E-state index in [-0.39, 0.29) is 12.0 Å². The molecule has 14 heteroatoms. The summed E-state index contributed by atoms with van der Waals surface area (Å²) in [6.07, 6.45) is -0.363. The third kappa shape index (κ3) is 20.3. The van der Waals surface area contributed by atoms with Crippen LogP contribution in [0.1, 0.15) is 17.0 Å². The molecule has 0 aliphatic heterocycles.